The molecule has 0 bridgehead atoms. The summed E-state index contributed by atoms with van der Waals surface area (Å²) in [6.45, 7) is 3.98. The summed E-state index contributed by atoms with van der Waals surface area (Å²) in [6, 6.07) is 0. The second-order valence-electron chi connectivity index (χ2n) is 5.92. The van der Waals surface area contributed by atoms with E-state index in [-0.39, 0.29) is 50.4 Å². The number of rotatable bonds is 19. The number of ether oxygens (including phenoxy) is 4. The van der Waals surface area contributed by atoms with Gasteiger partial charge in [0.05, 0.1) is 39.4 Å². The van der Waals surface area contributed by atoms with E-state index in [1.54, 1.807) is 6.92 Å². The molecule has 174 valence electrons. The molecule has 2 amide bonds. The van der Waals surface area contributed by atoms with Crippen molar-refractivity contribution in [2.75, 3.05) is 58.9 Å². The van der Waals surface area contributed by atoms with Gasteiger partial charge in [-0.15, -0.1) is 17.2 Å². The van der Waals surface area contributed by atoms with Gasteiger partial charge in [-0.3, -0.25) is 19.2 Å². The van der Waals surface area contributed by atoms with Crippen molar-refractivity contribution in [1.29, 1.82) is 0 Å². The number of esters is 2. The average Bonchev–Trinajstić information content (AvgIpc) is 2.74. The van der Waals surface area contributed by atoms with Crippen LogP contribution >= 0.6 is 17.2 Å². The van der Waals surface area contributed by atoms with Crippen LogP contribution in [-0.2, 0) is 38.1 Å². The Labute approximate surface area is 181 Å². The lowest BCUT2D eigenvalue weighted by molar-refractivity contribution is -0.145. The summed E-state index contributed by atoms with van der Waals surface area (Å²) >= 11 is 0. The van der Waals surface area contributed by atoms with Crippen LogP contribution in [0.15, 0.2) is 0 Å². The molecule has 2 N–H and O–H groups in total. The van der Waals surface area contributed by atoms with Crippen LogP contribution < -0.4 is 10.6 Å². The Bertz CT molecular complexity index is 509. The predicted molar refractivity (Wildman–Crippen MR) is 117 cm³/mol. The molecule has 0 aliphatic carbocycles. The minimum Gasteiger partial charge on any atom is -0.464 e. The molecule has 0 aromatic rings. The molecule has 10 nitrogen and oxygen atoms in total. The van der Waals surface area contributed by atoms with E-state index in [9.17, 15) is 19.2 Å². The molecule has 0 rings (SSSR count). The summed E-state index contributed by atoms with van der Waals surface area (Å²) in [5.41, 5.74) is 0. The van der Waals surface area contributed by atoms with E-state index in [2.05, 4.69) is 19.6 Å². The molecule has 0 saturated heterocycles. The van der Waals surface area contributed by atoms with Crippen LogP contribution in [0, 0.1) is 0 Å². The standard InChI is InChI=1S/C18H34N2O8P2/c1-2-17(23)28-13-12-26-11-10-25-8-6-19-15(21)3-4-18(24)27-9-7-20-16(22)5-14-30-29/h30H,2-14,29H2,1H3,(H,19,21)(H,20,22). The van der Waals surface area contributed by atoms with Gasteiger partial charge in [-0.05, 0) is 6.16 Å². The number of amides is 2. The fraction of sp³-hybridized carbons (Fsp3) is 0.778. The minimum atomic E-state index is -0.483. The van der Waals surface area contributed by atoms with Gasteiger partial charge in [0.1, 0.15) is 13.2 Å². The molecule has 0 aromatic heterocycles. The fourth-order valence-electron chi connectivity index (χ4n) is 1.91. The monoisotopic (exact) mass is 468 g/mol. The van der Waals surface area contributed by atoms with Gasteiger partial charge in [-0.25, -0.2) is 0 Å². The summed E-state index contributed by atoms with van der Waals surface area (Å²) in [6.07, 6.45) is 1.63. The SMILES string of the molecule is CCC(=O)OCCOCCOCCNC(=O)CCC(=O)OCCNC(=O)CCPP. The molecule has 0 fully saturated rings. The summed E-state index contributed by atoms with van der Waals surface area (Å²) in [5, 5.41) is 5.30. The van der Waals surface area contributed by atoms with Crippen molar-refractivity contribution in [3.05, 3.63) is 0 Å². The van der Waals surface area contributed by atoms with Crippen molar-refractivity contribution < 1.29 is 38.1 Å². The van der Waals surface area contributed by atoms with Crippen LogP contribution in [0.4, 0.5) is 0 Å². The first-order chi connectivity index (χ1) is 14.5. The Morgan fingerprint density at radius 2 is 1.30 bits per heavy atom. The Balaban J connectivity index is 3.43. The Kier molecular flexibility index (Phi) is 20.0. The maximum Gasteiger partial charge on any atom is 0.306 e. The molecule has 0 heterocycles. The topological polar surface area (TPSA) is 129 Å². The smallest absolute Gasteiger partial charge is 0.306 e. The lowest BCUT2D eigenvalue weighted by Gasteiger charge is -2.08. The first-order valence-electron chi connectivity index (χ1n) is 9.93. The zero-order valence-electron chi connectivity index (χ0n) is 17.5. The number of hydrogen-bond acceptors (Lipinski definition) is 8. The molecule has 0 radical (unpaired) electrons. The Morgan fingerprint density at radius 1 is 0.733 bits per heavy atom. The first-order valence-corrected chi connectivity index (χ1v) is 12.9. The van der Waals surface area contributed by atoms with E-state index in [0.29, 0.717) is 54.1 Å². The van der Waals surface area contributed by atoms with Gasteiger partial charge in [-0.1, -0.05) is 6.92 Å². The average molecular weight is 468 g/mol. The van der Waals surface area contributed by atoms with Crippen molar-refractivity contribution in [3.63, 3.8) is 0 Å². The van der Waals surface area contributed by atoms with E-state index >= 15 is 0 Å². The molecule has 0 aromatic carbocycles. The molecular formula is C18H34N2O8P2. The van der Waals surface area contributed by atoms with E-state index in [4.69, 9.17) is 18.9 Å². The van der Waals surface area contributed by atoms with Crippen molar-refractivity contribution in [3.8, 4) is 0 Å². The van der Waals surface area contributed by atoms with Crippen LogP contribution in [0.5, 0.6) is 0 Å². The molecule has 0 aliphatic rings. The molecule has 2 atom stereocenters. The maximum atomic E-state index is 11.7. The van der Waals surface area contributed by atoms with Crippen molar-refractivity contribution >= 4 is 41.0 Å². The Morgan fingerprint density at radius 3 is 1.97 bits per heavy atom. The van der Waals surface area contributed by atoms with Gasteiger partial charge in [0, 0.05) is 25.8 Å². The molecule has 30 heavy (non-hydrogen) atoms. The summed E-state index contributed by atoms with van der Waals surface area (Å²) < 4.78 is 20.3. The van der Waals surface area contributed by atoms with Gasteiger partial charge in [0.15, 0.2) is 0 Å². The zero-order chi connectivity index (χ0) is 22.5. The van der Waals surface area contributed by atoms with Crippen LogP contribution in [0.1, 0.15) is 32.6 Å². The molecule has 2 unspecified atom stereocenters. The zero-order valence-corrected chi connectivity index (χ0v) is 19.7. The third-order valence-corrected chi connectivity index (χ3v) is 4.86. The van der Waals surface area contributed by atoms with Gasteiger partial charge >= 0.3 is 11.9 Å². The third-order valence-electron chi connectivity index (χ3n) is 3.46. The van der Waals surface area contributed by atoms with Gasteiger partial charge in [0.25, 0.3) is 0 Å². The molecule has 0 spiro atoms. The number of hydrogen-bond donors (Lipinski definition) is 2. The van der Waals surface area contributed by atoms with Crippen molar-refractivity contribution in [2.45, 2.75) is 32.6 Å². The fourth-order valence-corrected chi connectivity index (χ4v) is 2.71. The van der Waals surface area contributed by atoms with E-state index in [0.717, 1.165) is 6.16 Å². The maximum absolute atomic E-state index is 11.7. The number of carbonyl (C=O) groups excluding carboxylic acids is 4. The van der Waals surface area contributed by atoms with Gasteiger partial charge in [-0.2, -0.15) is 0 Å². The summed E-state index contributed by atoms with van der Waals surface area (Å²) in [7, 11) is 3.24. The van der Waals surface area contributed by atoms with E-state index in [1.165, 1.54) is 0 Å². The van der Waals surface area contributed by atoms with Crippen molar-refractivity contribution in [1.82, 2.24) is 10.6 Å². The minimum absolute atomic E-state index is 0.0226. The molecule has 0 aliphatic heterocycles. The second-order valence-corrected chi connectivity index (χ2v) is 8.06. The molecule has 0 saturated carbocycles. The van der Waals surface area contributed by atoms with Crippen LogP contribution in [0.3, 0.4) is 0 Å². The highest BCUT2D eigenvalue weighted by Gasteiger charge is 2.08. The van der Waals surface area contributed by atoms with Crippen LogP contribution in [0.25, 0.3) is 0 Å². The number of carbonyl (C=O) groups is 4. The highest BCUT2D eigenvalue weighted by molar-refractivity contribution is 8.02. The van der Waals surface area contributed by atoms with E-state index < -0.39 is 5.97 Å². The molecular weight excluding hydrogens is 434 g/mol. The van der Waals surface area contributed by atoms with Crippen LogP contribution in [0.2, 0.25) is 0 Å². The lowest BCUT2D eigenvalue weighted by Crippen LogP contribution is -2.29. The normalized spacial score (nSPS) is 10.7. The molecule has 12 heteroatoms. The van der Waals surface area contributed by atoms with Crippen molar-refractivity contribution in [2.24, 2.45) is 0 Å². The lowest BCUT2D eigenvalue weighted by atomic mass is 10.3. The second kappa shape index (κ2) is 20.9. The first kappa shape index (κ1) is 28.7. The third kappa shape index (κ3) is 20.0. The highest BCUT2D eigenvalue weighted by atomic mass is 32.0. The van der Waals surface area contributed by atoms with Gasteiger partial charge < -0.3 is 29.6 Å². The van der Waals surface area contributed by atoms with Gasteiger partial charge in [0.2, 0.25) is 11.8 Å². The van der Waals surface area contributed by atoms with Crippen LogP contribution in [-0.4, -0.2) is 82.6 Å². The van der Waals surface area contributed by atoms with E-state index in [1.807, 2.05) is 0 Å². The largest absolute Gasteiger partial charge is 0.464 e. The Hall–Kier alpha value is -1.34. The summed E-state index contributed by atoms with van der Waals surface area (Å²) in [4.78, 5) is 45.5. The predicted octanol–water partition coefficient (Wildman–Crippen LogP) is 0.387. The quantitative estimate of drug-likeness (QED) is 0.158. The highest BCUT2D eigenvalue weighted by Crippen LogP contribution is 2.19. The summed E-state index contributed by atoms with van der Waals surface area (Å²) in [5.74, 6) is -1.07. The number of nitrogens with one attached hydrogen (secondary N) is 2.